The Balaban J connectivity index is 1.38. The van der Waals surface area contributed by atoms with E-state index in [1.54, 1.807) is 34.9 Å². The number of nitrogens with zero attached hydrogens (tertiary/aromatic N) is 3. The van der Waals surface area contributed by atoms with Gasteiger partial charge in [-0.05, 0) is 29.8 Å². The first-order valence-corrected chi connectivity index (χ1v) is 11.9. The molecule has 3 aromatic carbocycles. The first kappa shape index (κ1) is 23.5. The van der Waals surface area contributed by atoms with E-state index < -0.39 is 0 Å². The minimum absolute atomic E-state index is 0.106. The van der Waals surface area contributed by atoms with Gasteiger partial charge in [0, 0.05) is 19.2 Å². The number of hydrogen-bond acceptors (Lipinski definition) is 5. The minimum atomic E-state index is -0.259. The zero-order chi connectivity index (χ0) is 23.9. The summed E-state index contributed by atoms with van der Waals surface area (Å²) in [7, 11) is 1.82. The highest BCUT2D eigenvalue weighted by Crippen LogP contribution is 2.28. The van der Waals surface area contributed by atoms with Crippen LogP contribution in [0.3, 0.4) is 0 Å². The monoisotopic (exact) mass is 491 g/mol. The van der Waals surface area contributed by atoms with Gasteiger partial charge in [-0.1, -0.05) is 78.0 Å². The Morgan fingerprint density at radius 2 is 1.65 bits per heavy atom. The quantitative estimate of drug-likeness (QED) is 0.346. The van der Waals surface area contributed by atoms with Gasteiger partial charge in [0.2, 0.25) is 5.91 Å². The van der Waals surface area contributed by atoms with Crippen LogP contribution in [0.15, 0.2) is 84.0 Å². The van der Waals surface area contributed by atoms with Crippen LogP contribution in [-0.4, -0.2) is 32.3 Å². The van der Waals surface area contributed by atoms with Crippen LogP contribution in [-0.2, 0) is 18.4 Å². The highest BCUT2D eigenvalue weighted by atomic mass is 35.5. The Morgan fingerprint density at radius 1 is 0.941 bits per heavy atom. The predicted octanol–water partition coefficient (Wildman–Crippen LogP) is 4.80. The lowest BCUT2D eigenvalue weighted by Crippen LogP contribution is -2.25. The number of aromatic nitrogens is 3. The third-order valence-corrected chi connectivity index (χ3v) is 6.37. The highest BCUT2D eigenvalue weighted by Gasteiger charge is 2.16. The third kappa shape index (κ3) is 5.65. The zero-order valence-electron chi connectivity index (χ0n) is 18.4. The fraction of sp³-hybridized carbons (Fsp3) is 0.120. The summed E-state index contributed by atoms with van der Waals surface area (Å²) in [6.07, 6.45) is 0. The fourth-order valence-electron chi connectivity index (χ4n) is 3.30. The van der Waals surface area contributed by atoms with E-state index in [9.17, 15) is 9.59 Å². The van der Waals surface area contributed by atoms with Crippen molar-refractivity contribution in [3.05, 3.63) is 95.0 Å². The molecule has 0 saturated carbocycles. The van der Waals surface area contributed by atoms with Crippen LogP contribution in [0.25, 0.3) is 11.4 Å². The van der Waals surface area contributed by atoms with Crippen molar-refractivity contribution in [3.63, 3.8) is 0 Å². The van der Waals surface area contributed by atoms with Gasteiger partial charge in [-0.3, -0.25) is 9.59 Å². The molecule has 2 amide bonds. The number of amides is 2. The van der Waals surface area contributed by atoms with Crippen LogP contribution in [0, 0.1) is 0 Å². The zero-order valence-corrected chi connectivity index (χ0v) is 19.9. The van der Waals surface area contributed by atoms with Gasteiger partial charge in [0.15, 0.2) is 11.0 Å². The Hall–Kier alpha value is -3.62. The molecule has 0 atom stereocenters. The van der Waals surface area contributed by atoms with Gasteiger partial charge in [-0.25, -0.2) is 0 Å². The summed E-state index contributed by atoms with van der Waals surface area (Å²) in [6.45, 7) is 0.401. The predicted molar refractivity (Wildman–Crippen MR) is 135 cm³/mol. The molecule has 0 spiro atoms. The molecule has 0 aliphatic carbocycles. The summed E-state index contributed by atoms with van der Waals surface area (Å²) in [4.78, 5) is 25.3. The van der Waals surface area contributed by atoms with Crippen molar-refractivity contribution in [3.8, 4) is 11.4 Å². The lowest BCUT2D eigenvalue weighted by Gasteiger charge is -2.11. The Kier molecular flexibility index (Phi) is 7.61. The molecule has 0 bridgehead atoms. The summed E-state index contributed by atoms with van der Waals surface area (Å²) < 4.78 is 1.80. The van der Waals surface area contributed by atoms with E-state index in [1.807, 2.05) is 55.6 Å². The number of para-hydroxylation sites is 1. The van der Waals surface area contributed by atoms with E-state index in [2.05, 4.69) is 20.8 Å². The standard InChI is InChI=1S/C25H22ClN5O2S/c1-31-23(18-11-5-7-13-20(18)26)29-30-25(31)34-16-22(32)28-21-14-8-6-12-19(21)24(33)27-15-17-9-3-2-4-10-17/h2-14H,15-16H2,1H3,(H,27,33)(H,28,32). The van der Waals surface area contributed by atoms with E-state index >= 15 is 0 Å². The fourth-order valence-corrected chi connectivity index (χ4v) is 4.23. The van der Waals surface area contributed by atoms with Crippen molar-refractivity contribution in [1.29, 1.82) is 0 Å². The molecule has 172 valence electrons. The van der Waals surface area contributed by atoms with Gasteiger partial charge in [-0.2, -0.15) is 0 Å². The molecule has 1 heterocycles. The van der Waals surface area contributed by atoms with Gasteiger partial charge in [0.1, 0.15) is 0 Å². The molecule has 0 aliphatic rings. The van der Waals surface area contributed by atoms with E-state index in [0.717, 1.165) is 11.1 Å². The highest BCUT2D eigenvalue weighted by molar-refractivity contribution is 7.99. The molecule has 7 nitrogen and oxygen atoms in total. The van der Waals surface area contributed by atoms with Gasteiger partial charge in [0.25, 0.3) is 5.91 Å². The summed E-state index contributed by atoms with van der Waals surface area (Å²) in [5, 5.41) is 15.3. The molecule has 0 unspecified atom stereocenters. The van der Waals surface area contributed by atoms with Crippen molar-refractivity contribution in [2.24, 2.45) is 7.05 Å². The number of carbonyl (C=O) groups is 2. The second kappa shape index (κ2) is 11.0. The number of carbonyl (C=O) groups excluding carboxylic acids is 2. The smallest absolute Gasteiger partial charge is 0.253 e. The minimum Gasteiger partial charge on any atom is -0.348 e. The molecule has 0 radical (unpaired) electrons. The van der Waals surface area contributed by atoms with E-state index in [0.29, 0.717) is 33.8 Å². The average Bonchev–Trinajstić information content (AvgIpc) is 3.22. The number of thioether (sulfide) groups is 1. The normalized spacial score (nSPS) is 10.6. The number of nitrogens with one attached hydrogen (secondary N) is 2. The maximum atomic E-state index is 12.7. The molecule has 4 rings (SSSR count). The summed E-state index contributed by atoms with van der Waals surface area (Å²) in [5.41, 5.74) is 2.62. The van der Waals surface area contributed by atoms with E-state index in [1.165, 1.54) is 11.8 Å². The SMILES string of the molecule is Cn1c(SCC(=O)Nc2ccccc2C(=O)NCc2ccccc2)nnc1-c1ccccc1Cl. The lowest BCUT2D eigenvalue weighted by molar-refractivity contribution is -0.113. The molecular formula is C25H22ClN5O2S. The molecule has 34 heavy (non-hydrogen) atoms. The first-order chi connectivity index (χ1) is 16.5. The molecule has 0 fully saturated rings. The summed E-state index contributed by atoms with van der Waals surface area (Å²) >= 11 is 7.52. The van der Waals surface area contributed by atoms with Crippen molar-refractivity contribution in [2.75, 3.05) is 11.1 Å². The van der Waals surface area contributed by atoms with Gasteiger partial charge in [0.05, 0.1) is 22.0 Å². The first-order valence-electron chi connectivity index (χ1n) is 10.5. The van der Waals surface area contributed by atoms with Gasteiger partial charge >= 0.3 is 0 Å². The number of rotatable bonds is 8. The average molecular weight is 492 g/mol. The summed E-state index contributed by atoms with van der Waals surface area (Å²) in [6, 6.07) is 23.9. The van der Waals surface area contributed by atoms with E-state index in [-0.39, 0.29) is 17.6 Å². The van der Waals surface area contributed by atoms with Crippen LogP contribution in [0.4, 0.5) is 5.69 Å². The second-order valence-electron chi connectivity index (χ2n) is 7.40. The summed E-state index contributed by atoms with van der Waals surface area (Å²) in [5.74, 6) is 0.212. The number of hydrogen-bond donors (Lipinski definition) is 2. The van der Waals surface area contributed by atoms with Gasteiger partial charge in [-0.15, -0.1) is 10.2 Å². The van der Waals surface area contributed by atoms with Crippen LogP contribution in [0.1, 0.15) is 15.9 Å². The molecule has 0 aliphatic heterocycles. The Morgan fingerprint density at radius 3 is 2.44 bits per heavy atom. The van der Waals surface area contributed by atoms with Crippen LogP contribution < -0.4 is 10.6 Å². The molecule has 2 N–H and O–H groups in total. The van der Waals surface area contributed by atoms with Crippen molar-refractivity contribution in [1.82, 2.24) is 20.1 Å². The van der Waals surface area contributed by atoms with Crippen molar-refractivity contribution in [2.45, 2.75) is 11.7 Å². The largest absolute Gasteiger partial charge is 0.348 e. The number of benzene rings is 3. The topological polar surface area (TPSA) is 88.9 Å². The maximum absolute atomic E-state index is 12.7. The molecule has 9 heteroatoms. The van der Waals surface area contributed by atoms with Crippen molar-refractivity contribution >= 4 is 40.9 Å². The third-order valence-electron chi connectivity index (χ3n) is 5.02. The van der Waals surface area contributed by atoms with Crippen LogP contribution in [0.2, 0.25) is 5.02 Å². The molecule has 0 saturated heterocycles. The van der Waals surface area contributed by atoms with E-state index in [4.69, 9.17) is 11.6 Å². The van der Waals surface area contributed by atoms with Crippen LogP contribution in [0.5, 0.6) is 0 Å². The molecule has 1 aromatic heterocycles. The number of anilines is 1. The Labute approximate surface area is 206 Å². The van der Waals surface area contributed by atoms with Crippen LogP contribution >= 0.6 is 23.4 Å². The number of halogens is 1. The second-order valence-corrected chi connectivity index (χ2v) is 8.75. The molecular weight excluding hydrogens is 470 g/mol. The maximum Gasteiger partial charge on any atom is 0.253 e. The Bertz CT molecular complexity index is 1310. The van der Waals surface area contributed by atoms with Crippen molar-refractivity contribution < 1.29 is 9.59 Å². The molecule has 4 aromatic rings. The lowest BCUT2D eigenvalue weighted by atomic mass is 10.1. The van der Waals surface area contributed by atoms with Gasteiger partial charge < -0.3 is 15.2 Å².